The fraction of sp³-hybridized carbons (Fsp3) is 0.556. The number of carbonyl (C=O) groups is 2. The standard InChI is InChI=1S/C18H16F3N3O4/c1-16-5-11(27-3)17(2,28-16)13-12(16)14(25)24(15(13)26)8-4-9(18(19,20)21)10(6-22)23-7-8/h4,7,11-13H,5H2,1-3H3/t11-,12-,13+,16?,17?/m0/s1. The van der Waals surface area contributed by atoms with Crippen LogP contribution in [0.25, 0.3) is 0 Å². The molecule has 3 aliphatic heterocycles. The van der Waals surface area contributed by atoms with Crippen molar-refractivity contribution < 1.29 is 32.2 Å². The zero-order chi connectivity index (χ0) is 20.6. The molecule has 1 aromatic rings. The van der Waals surface area contributed by atoms with Crippen LogP contribution in [0.15, 0.2) is 12.3 Å². The van der Waals surface area contributed by atoms with E-state index in [1.165, 1.54) is 13.2 Å². The normalized spacial score (nSPS) is 36.8. The number of ether oxygens (including phenoxy) is 2. The summed E-state index contributed by atoms with van der Waals surface area (Å²) in [5.41, 5.74) is -4.43. The van der Waals surface area contributed by atoms with Gasteiger partial charge in [0.2, 0.25) is 11.8 Å². The average molecular weight is 395 g/mol. The van der Waals surface area contributed by atoms with E-state index in [1.807, 2.05) is 0 Å². The maximum Gasteiger partial charge on any atom is 0.419 e. The van der Waals surface area contributed by atoms with Gasteiger partial charge in [-0.2, -0.15) is 18.4 Å². The van der Waals surface area contributed by atoms with E-state index in [2.05, 4.69) is 4.98 Å². The molecule has 5 atom stereocenters. The van der Waals surface area contributed by atoms with Crippen molar-refractivity contribution >= 4 is 17.5 Å². The van der Waals surface area contributed by atoms with Crippen molar-refractivity contribution in [1.82, 2.24) is 4.98 Å². The molecule has 2 amide bonds. The Morgan fingerprint density at radius 2 is 1.96 bits per heavy atom. The van der Waals surface area contributed by atoms with E-state index in [1.54, 1.807) is 13.8 Å². The lowest BCUT2D eigenvalue weighted by atomic mass is 9.67. The van der Waals surface area contributed by atoms with Crippen molar-refractivity contribution in [1.29, 1.82) is 5.26 Å². The summed E-state index contributed by atoms with van der Waals surface area (Å²) in [5.74, 6) is -2.96. The Morgan fingerprint density at radius 3 is 2.54 bits per heavy atom. The van der Waals surface area contributed by atoms with Crippen LogP contribution in [0.5, 0.6) is 0 Å². The number of pyridine rings is 1. The van der Waals surface area contributed by atoms with Gasteiger partial charge in [-0.15, -0.1) is 0 Å². The maximum atomic E-state index is 13.3. The lowest BCUT2D eigenvalue weighted by Crippen LogP contribution is -2.49. The van der Waals surface area contributed by atoms with Crippen LogP contribution in [0, 0.1) is 23.2 Å². The van der Waals surface area contributed by atoms with Gasteiger partial charge in [-0.1, -0.05) is 0 Å². The summed E-state index contributed by atoms with van der Waals surface area (Å²) < 4.78 is 51.3. The quantitative estimate of drug-likeness (QED) is 0.712. The molecule has 28 heavy (non-hydrogen) atoms. The van der Waals surface area contributed by atoms with E-state index >= 15 is 0 Å². The molecule has 3 fully saturated rings. The minimum absolute atomic E-state index is 0.309. The third-order valence-electron chi connectivity index (χ3n) is 6.09. The molecule has 10 heteroatoms. The number of carbonyl (C=O) groups excluding carboxylic acids is 2. The number of nitrogens with zero attached hydrogens (tertiary/aromatic N) is 3. The molecule has 148 valence electrons. The van der Waals surface area contributed by atoms with Gasteiger partial charge in [0.15, 0.2) is 5.69 Å². The van der Waals surface area contributed by atoms with E-state index in [4.69, 9.17) is 14.7 Å². The second-order valence-corrected chi connectivity index (χ2v) is 7.69. The van der Waals surface area contributed by atoms with Crippen LogP contribution in [-0.2, 0) is 25.2 Å². The summed E-state index contributed by atoms with van der Waals surface area (Å²) in [7, 11) is 1.48. The minimum atomic E-state index is -4.85. The van der Waals surface area contributed by atoms with Crippen molar-refractivity contribution in [2.45, 2.75) is 43.8 Å². The van der Waals surface area contributed by atoms with Crippen LogP contribution in [0.3, 0.4) is 0 Å². The molecular weight excluding hydrogens is 379 g/mol. The number of aromatic nitrogens is 1. The summed E-state index contributed by atoms with van der Waals surface area (Å²) in [5, 5.41) is 8.88. The van der Waals surface area contributed by atoms with Gasteiger partial charge >= 0.3 is 6.18 Å². The van der Waals surface area contributed by atoms with Crippen molar-refractivity contribution in [3.8, 4) is 6.07 Å². The van der Waals surface area contributed by atoms with Gasteiger partial charge in [0, 0.05) is 13.5 Å². The molecule has 2 bridgehead atoms. The highest BCUT2D eigenvalue weighted by Crippen LogP contribution is 2.61. The first kappa shape index (κ1) is 18.8. The van der Waals surface area contributed by atoms with Crippen LogP contribution < -0.4 is 4.90 Å². The maximum absolute atomic E-state index is 13.3. The van der Waals surface area contributed by atoms with Crippen molar-refractivity contribution in [2.75, 3.05) is 12.0 Å². The zero-order valence-electron chi connectivity index (χ0n) is 15.2. The Balaban J connectivity index is 1.80. The number of hydrogen-bond acceptors (Lipinski definition) is 6. The number of nitriles is 1. The Labute approximate surface area is 158 Å². The summed E-state index contributed by atoms with van der Waals surface area (Å²) >= 11 is 0. The molecule has 0 saturated carbocycles. The number of halogens is 3. The second kappa shape index (κ2) is 5.52. The van der Waals surface area contributed by atoms with Gasteiger partial charge in [0.1, 0.15) is 11.7 Å². The van der Waals surface area contributed by atoms with Crippen LogP contribution in [0.2, 0.25) is 0 Å². The number of methoxy groups -OCH3 is 1. The highest BCUT2D eigenvalue weighted by atomic mass is 19.4. The largest absolute Gasteiger partial charge is 0.419 e. The SMILES string of the molecule is CO[C@H]1CC2(C)OC1(C)[C@H]1C(=O)N(c3cnc(C#N)c(C(F)(F)F)c3)C(=O)[C@H]12. The fourth-order valence-corrected chi connectivity index (χ4v) is 4.95. The van der Waals surface area contributed by atoms with Gasteiger partial charge in [0.05, 0.1) is 41.0 Å². The number of hydrogen-bond donors (Lipinski definition) is 0. The van der Waals surface area contributed by atoms with E-state index in [-0.39, 0.29) is 5.69 Å². The first-order valence-corrected chi connectivity index (χ1v) is 8.56. The monoisotopic (exact) mass is 395 g/mol. The Kier molecular flexibility index (Phi) is 3.71. The fourth-order valence-electron chi connectivity index (χ4n) is 4.95. The van der Waals surface area contributed by atoms with E-state index in [0.29, 0.717) is 12.5 Å². The van der Waals surface area contributed by atoms with Crippen LogP contribution in [0.4, 0.5) is 18.9 Å². The summed E-state index contributed by atoms with van der Waals surface area (Å²) in [4.78, 5) is 30.4. The molecule has 7 nitrogen and oxygen atoms in total. The molecular formula is C18H16F3N3O4. The number of rotatable bonds is 2. The van der Waals surface area contributed by atoms with Gasteiger partial charge in [-0.05, 0) is 19.9 Å². The second-order valence-electron chi connectivity index (χ2n) is 7.69. The predicted octanol–water partition coefficient (Wildman–Crippen LogP) is 2.04. The van der Waals surface area contributed by atoms with E-state index in [9.17, 15) is 22.8 Å². The first-order valence-electron chi connectivity index (χ1n) is 8.56. The third kappa shape index (κ3) is 2.20. The highest BCUT2D eigenvalue weighted by Gasteiger charge is 2.76. The first-order chi connectivity index (χ1) is 13.0. The van der Waals surface area contributed by atoms with Crippen molar-refractivity contribution in [2.24, 2.45) is 11.8 Å². The predicted molar refractivity (Wildman–Crippen MR) is 86.7 cm³/mol. The van der Waals surface area contributed by atoms with Crippen molar-refractivity contribution in [3.63, 3.8) is 0 Å². The molecule has 4 heterocycles. The molecule has 1 aromatic heterocycles. The number of anilines is 1. The van der Waals surface area contributed by atoms with Gasteiger partial charge in [-0.25, -0.2) is 9.88 Å². The average Bonchev–Trinajstić information content (AvgIpc) is 3.14. The molecule has 0 radical (unpaired) electrons. The van der Waals surface area contributed by atoms with E-state index < -0.39 is 58.4 Å². The molecule has 0 spiro atoms. The molecule has 0 aliphatic carbocycles. The molecule has 0 N–H and O–H groups in total. The summed E-state index contributed by atoms with van der Waals surface area (Å²) in [6.45, 7) is 3.39. The highest BCUT2D eigenvalue weighted by molar-refractivity contribution is 6.23. The number of alkyl halides is 3. The minimum Gasteiger partial charge on any atom is -0.378 e. The summed E-state index contributed by atoms with van der Waals surface area (Å²) in [6.07, 6.45) is -3.93. The number of imide groups is 1. The molecule has 2 unspecified atom stereocenters. The van der Waals surface area contributed by atoms with Gasteiger partial charge in [0.25, 0.3) is 0 Å². The molecule has 4 rings (SSSR count). The third-order valence-corrected chi connectivity index (χ3v) is 6.09. The Bertz CT molecular complexity index is 943. The van der Waals surface area contributed by atoms with Crippen LogP contribution >= 0.6 is 0 Å². The molecule has 3 saturated heterocycles. The zero-order valence-corrected chi connectivity index (χ0v) is 15.2. The Morgan fingerprint density at radius 1 is 1.32 bits per heavy atom. The lowest BCUT2D eigenvalue weighted by molar-refractivity contribution is -0.138. The number of fused-ring (bicyclic) bond motifs is 5. The Hall–Kier alpha value is -2.51. The smallest absolute Gasteiger partial charge is 0.378 e. The van der Waals surface area contributed by atoms with Crippen LogP contribution in [-0.4, -0.2) is 41.2 Å². The lowest BCUT2D eigenvalue weighted by Gasteiger charge is -2.34. The van der Waals surface area contributed by atoms with E-state index in [0.717, 1.165) is 11.1 Å². The van der Waals surface area contributed by atoms with Gasteiger partial charge < -0.3 is 9.47 Å². The van der Waals surface area contributed by atoms with Crippen molar-refractivity contribution in [3.05, 3.63) is 23.5 Å². The number of amides is 2. The molecule has 0 aromatic carbocycles. The molecule has 3 aliphatic rings. The topological polar surface area (TPSA) is 92.5 Å². The van der Waals surface area contributed by atoms with Gasteiger partial charge in [-0.3, -0.25) is 9.59 Å². The van der Waals surface area contributed by atoms with Crippen LogP contribution in [0.1, 0.15) is 31.5 Å². The summed E-state index contributed by atoms with van der Waals surface area (Å²) in [6, 6.07) is 1.99.